The molecule has 1 aliphatic heterocycles. The van der Waals surface area contributed by atoms with Crippen molar-refractivity contribution in [2.24, 2.45) is 0 Å². The monoisotopic (exact) mass is 482 g/mol. The number of carbonyl (C=O) groups excluding carboxylic acids is 2. The average Bonchev–Trinajstić information content (AvgIpc) is 3.43. The lowest BCUT2D eigenvalue weighted by Gasteiger charge is -2.26. The van der Waals surface area contributed by atoms with Gasteiger partial charge < -0.3 is 19.9 Å². The number of aromatic amines is 1. The first kappa shape index (κ1) is 22.9. The van der Waals surface area contributed by atoms with Gasteiger partial charge in [-0.25, -0.2) is 0 Å². The molecule has 1 unspecified atom stereocenters. The highest BCUT2D eigenvalue weighted by Crippen LogP contribution is 2.43. The number of amides is 1. The van der Waals surface area contributed by atoms with Crippen LogP contribution in [0, 0.1) is 0 Å². The van der Waals surface area contributed by atoms with Gasteiger partial charge in [0.1, 0.15) is 11.5 Å². The topological polar surface area (TPSA) is 120 Å². The van der Waals surface area contributed by atoms with Crippen molar-refractivity contribution in [2.75, 3.05) is 12.0 Å². The number of nitrogens with one attached hydrogen (secondary N) is 1. The van der Waals surface area contributed by atoms with E-state index in [1.54, 1.807) is 54.7 Å². The number of ketones is 1. The Labute approximate surface area is 206 Å². The molecule has 5 rings (SSSR count). The third-order valence-corrected chi connectivity index (χ3v) is 6.27. The van der Waals surface area contributed by atoms with Crippen molar-refractivity contribution in [1.82, 2.24) is 4.98 Å². The van der Waals surface area contributed by atoms with Crippen molar-refractivity contribution in [2.45, 2.75) is 12.5 Å². The molecule has 8 nitrogen and oxygen atoms in total. The largest absolute Gasteiger partial charge is 0.507 e. The molecule has 3 N–H and O–H groups in total. The molecule has 0 aliphatic carbocycles. The first-order chi connectivity index (χ1) is 17.4. The Bertz CT molecular complexity index is 1530. The van der Waals surface area contributed by atoms with Gasteiger partial charge in [-0.15, -0.1) is 0 Å². The van der Waals surface area contributed by atoms with Crippen LogP contribution in [-0.4, -0.2) is 40.0 Å². The number of benzene rings is 3. The highest BCUT2D eigenvalue weighted by Gasteiger charge is 2.47. The summed E-state index contributed by atoms with van der Waals surface area (Å²) >= 11 is 0. The number of fused-ring (bicyclic) bond motifs is 1. The summed E-state index contributed by atoms with van der Waals surface area (Å²) in [4.78, 5) is 42.2. The van der Waals surface area contributed by atoms with Crippen LogP contribution < -0.4 is 9.64 Å². The Hall–Kier alpha value is -4.85. The van der Waals surface area contributed by atoms with Gasteiger partial charge in [0.15, 0.2) is 0 Å². The van der Waals surface area contributed by atoms with E-state index in [0.717, 1.165) is 5.52 Å². The molecule has 0 saturated carbocycles. The van der Waals surface area contributed by atoms with Crippen molar-refractivity contribution in [3.63, 3.8) is 0 Å². The predicted octanol–water partition coefficient (Wildman–Crippen LogP) is 4.43. The van der Waals surface area contributed by atoms with Crippen LogP contribution in [0.5, 0.6) is 5.75 Å². The molecule has 0 spiro atoms. The minimum absolute atomic E-state index is 0.0485. The average molecular weight is 482 g/mol. The van der Waals surface area contributed by atoms with Crippen molar-refractivity contribution in [3.05, 3.63) is 101 Å². The molecule has 1 fully saturated rings. The van der Waals surface area contributed by atoms with E-state index in [1.165, 1.54) is 12.0 Å². The van der Waals surface area contributed by atoms with E-state index in [4.69, 9.17) is 9.84 Å². The molecule has 1 amide bonds. The summed E-state index contributed by atoms with van der Waals surface area (Å²) in [6.45, 7) is 0. The highest BCUT2D eigenvalue weighted by molar-refractivity contribution is 6.51. The lowest BCUT2D eigenvalue weighted by atomic mass is 9.94. The number of carboxylic acid groups (broad SMARTS) is 1. The number of carbonyl (C=O) groups is 3. The molecule has 1 saturated heterocycles. The van der Waals surface area contributed by atoms with Gasteiger partial charge >= 0.3 is 5.97 Å². The number of hydrogen-bond donors (Lipinski definition) is 3. The first-order valence-electron chi connectivity index (χ1n) is 11.2. The molecule has 4 aromatic rings. The summed E-state index contributed by atoms with van der Waals surface area (Å²) in [5.41, 5.74) is 2.67. The van der Waals surface area contributed by atoms with Crippen LogP contribution in [0.3, 0.4) is 0 Å². The van der Waals surface area contributed by atoms with E-state index >= 15 is 0 Å². The molecule has 8 heteroatoms. The zero-order valence-corrected chi connectivity index (χ0v) is 19.3. The number of aliphatic carboxylic acids is 1. The fraction of sp³-hybridized carbons (Fsp3) is 0.107. The first-order valence-corrected chi connectivity index (χ1v) is 11.2. The lowest BCUT2D eigenvalue weighted by molar-refractivity contribution is -0.136. The molecular formula is C28H22N2O6. The predicted molar refractivity (Wildman–Crippen MR) is 134 cm³/mol. The molecule has 180 valence electrons. The normalized spacial score (nSPS) is 17.0. The van der Waals surface area contributed by atoms with Gasteiger partial charge in [-0.2, -0.15) is 0 Å². The maximum absolute atomic E-state index is 13.4. The molecule has 1 atom stereocenters. The number of rotatable bonds is 6. The zero-order valence-electron chi connectivity index (χ0n) is 19.3. The Kier molecular flexibility index (Phi) is 5.77. The number of Topliss-reactive ketones (excluding diaryl/α,β-unsaturated/α-hetero) is 1. The van der Waals surface area contributed by atoms with Crippen LogP contribution in [0.4, 0.5) is 5.69 Å². The van der Waals surface area contributed by atoms with E-state index in [2.05, 4.69) is 4.98 Å². The maximum atomic E-state index is 13.4. The molecule has 1 aliphatic rings. The Balaban J connectivity index is 1.70. The van der Waals surface area contributed by atoms with Gasteiger partial charge in [0, 0.05) is 28.4 Å². The minimum atomic E-state index is -0.974. The number of carboxylic acids is 1. The molecule has 0 radical (unpaired) electrons. The lowest BCUT2D eigenvalue weighted by Crippen LogP contribution is -2.29. The Morgan fingerprint density at radius 2 is 1.75 bits per heavy atom. The third-order valence-electron chi connectivity index (χ3n) is 6.27. The van der Waals surface area contributed by atoms with E-state index in [0.29, 0.717) is 33.5 Å². The van der Waals surface area contributed by atoms with Crippen LogP contribution >= 0.6 is 0 Å². The van der Waals surface area contributed by atoms with Crippen molar-refractivity contribution >= 4 is 40.0 Å². The molecule has 36 heavy (non-hydrogen) atoms. The smallest absolute Gasteiger partial charge is 0.307 e. The van der Waals surface area contributed by atoms with Crippen LogP contribution in [-0.2, 0) is 20.8 Å². The summed E-state index contributed by atoms with van der Waals surface area (Å²) in [5.74, 6) is -2.35. The maximum Gasteiger partial charge on any atom is 0.307 e. The Morgan fingerprint density at radius 3 is 2.47 bits per heavy atom. The highest BCUT2D eigenvalue weighted by atomic mass is 16.5. The van der Waals surface area contributed by atoms with Gasteiger partial charge in [0.2, 0.25) is 0 Å². The molecule has 1 aromatic heterocycles. The van der Waals surface area contributed by atoms with Gasteiger partial charge in [-0.05, 0) is 41.5 Å². The second-order valence-electron chi connectivity index (χ2n) is 8.43. The number of aliphatic hydroxyl groups excluding tert-OH is 1. The fourth-order valence-corrected chi connectivity index (χ4v) is 4.59. The van der Waals surface area contributed by atoms with Gasteiger partial charge in [0.25, 0.3) is 11.7 Å². The molecular weight excluding hydrogens is 460 g/mol. The molecule has 3 aromatic carbocycles. The van der Waals surface area contributed by atoms with Gasteiger partial charge in [-0.3, -0.25) is 19.3 Å². The number of H-pyrrole nitrogens is 1. The second kappa shape index (κ2) is 9.07. The summed E-state index contributed by atoms with van der Waals surface area (Å²) < 4.78 is 5.36. The summed E-state index contributed by atoms with van der Waals surface area (Å²) in [6.07, 6.45) is 1.44. The van der Waals surface area contributed by atoms with Crippen LogP contribution in [0.15, 0.2) is 84.6 Å². The number of ether oxygens (including phenoxy) is 1. The number of hydrogen-bond acceptors (Lipinski definition) is 5. The Morgan fingerprint density at radius 1 is 1.00 bits per heavy atom. The standard InChI is InChI=1S/C28H22N2O6/c1-36-19-6-4-5-17(14-19)25-24(26(33)21-15-29-22-8-3-2-7-20(21)22)27(34)28(35)30(25)18-11-9-16(10-12-18)13-23(31)32/h2-12,14-15,25,29,33H,13H2,1H3,(H,31,32)/b26-24-. The SMILES string of the molecule is COc1cccc(C2/C(=C(/O)c3c[nH]c4ccccc34)C(=O)C(=O)N2c2ccc(CC(=O)O)cc2)c1. The molecule has 2 heterocycles. The number of aromatic nitrogens is 1. The van der Waals surface area contributed by atoms with Gasteiger partial charge in [-0.1, -0.05) is 42.5 Å². The zero-order chi connectivity index (χ0) is 25.4. The van der Waals surface area contributed by atoms with Crippen LogP contribution in [0.25, 0.3) is 16.7 Å². The quantitative estimate of drug-likeness (QED) is 0.212. The number of para-hydroxylation sites is 1. The van der Waals surface area contributed by atoms with E-state index in [-0.39, 0.29) is 17.8 Å². The van der Waals surface area contributed by atoms with Crippen molar-refractivity contribution in [1.29, 1.82) is 0 Å². The van der Waals surface area contributed by atoms with E-state index in [9.17, 15) is 19.5 Å². The number of nitrogens with zero attached hydrogens (tertiary/aromatic N) is 1. The summed E-state index contributed by atoms with van der Waals surface area (Å²) in [7, 11) is 1.52. The summed E-state index contributed by atoms with van der Waals surface area (Å²) in [5, 5.41) is 21.2. The third kappa shape index (κ3) is 3.88. The number of aliphatic hydroxyl groups is 1. The van der Waals surface area contributed by atoms with Crippen molar-refractivity contribution in [3.8, 4) is 5.75 Å². The van der Waals surface area contributed by atoms with E-state index in [1.807, 2.05) is 24.3 Å². The van der Waals surface area contributed by atoms with Gasteiger partial charge in [0.05, 0.1) is 25.1 Å². The van der Waals surface area contributed by atoms with Crippen LogP contribution in [0.1, 0.15) is 22.7 Å². The number of methoxy groups -OCH3 is 1. The second-order valence-corrected chi connectivity index (χ2v) is 8.43. The fourth-order valence-electron chi connectivity index (χ4n) is 4.59. The van der Waals surface area contributed by atoms with Crippen molar-refractivity contribution < 1.29 is 29.3 Å². The summed E-state index contributed by atoms with van der Waals surface area (Å²) in [6, 6.07) is 19.8. The van der Waals surface area contributed by atoms with E-state index < -0.39 is 23.7 Å². The number of anilines is 1. The minimum Gasteiger partial charge on any atom is -0.507 e. The molecule has 0 bridgehead atoms. The van der Waals surface area contributed by atoms with Crippen LogP contribution in [0.2, 0.25) is 0 Å².